The molecule has 1 atom stereocenters. The van der Waals surface area contributed by atoms with Gasteiger partial charge in [-0.15, -0.1) is 0 Å². The van der Waals surface area contributed by atoms with Crippen molar-refractivity contribution >= 4 is 17.8 Å². The molecule has 0 radical (unpaired) electrons. The fraction of sp³-hybridized carbons (Fsp3) is 0.300. The van der Waals surface area contributed by atoms with Crippen molar-refractivity contribution in [3.05, 3.63) is 34.9 Å². The van der Waals surface area contributed by atoms with Crippen LogP contribution in [0.15, 0.2) is 29.3 Å². The molecular weight excluding hydrogens is 186 g/mol. The van der Waals surface area contributed by atoms with E-state index < -0.39 is 0 Å². The Morgan fingerprint density at radius 1 is 1.46 bits per heavy atom. The van der Waals surface area contributed by atoms with Gasteiger partial charge >= 0.3 is 0 Å². The molecule has 0 aliphatic rings. The minimum Gasteiger partial charge on any atom is -0.394 e. The van der Waals surface area contributed by atoms with Crippen LogP contribution in [0.25, 0.3) is 0 Å². The molecule has 1 rings (SSSR count). The smallest absolute Gasteiger partial charge is 0.0702 e. The van der Waals surface area contributed by atoms with Gasteiger partial charge in [-0.2, -0.15) is 0 Å². The van der Waals surface area contributed by atoms with Crippen molar-refractivity contribution in [2.45, 2.75) is 13.0 Å². The number of halogens is 1. The van der Waals surface area contributed by atoms with Crippen LogP contribution in [0.4, 0.5) is 0 Å². The highest BCUT2D eigenvalue weighted by Crippen LogP contribution is 2.07. The molecule has 70 valence electrons. The first-order valence-corrected chi connectivity index (χ1v) is 4.50. The summed E-state index contributed by atoms with van der Waals surface area (Å²) in [6, 6.07) is 7.35. The van der Waals surface area contributed by atoms with Crippen molar-refractivity contribution in [1.82, 2.24) is 0 Å². The van der Waals surface area contributed by atoms with E-state index in [1.807, 2.05) is 31.2 Å². The third kappa shape index (κ3) is 3.57. The minimum atomic E-state index is -0.0457. The van der Waals surface area contributed by atoms with E-state index in [4.69, 9.17) is 16.7 Å². The lowest BCUT2D eigenvalue weighted by Crippen LogP contribution is -2.03. The van der Waals surface area contributed by atoms with E-state index in [0.717, 1.165) is 5.56 Å². The van der Waals surface area contributed by atoms with E-state index in [-0.39, 0.29) is 12.6 Å². The van der Waals surface area contributed by atoms with Crippen LogP contribution in [-0.4, -0.2) is 24.0 Å². The largest absolute Gasteiger partial charge is 0.394 e. The predicted octanol–water partition coefficient (Wildman–Crippen LogP) is 2.14. The van der Waals surface area contributed by atoms with Crippen LogP contribution in [-0.2, 0) is 0 Å². The summed E-state index contributed by atoms with van der Waals surface area (Å²) in [5.41, 5.74) is 0.990. The van der Waals surface area contributed by atoms with Crippen molar-refractivity contribution in [3.8, 4) is 0 Å². The Bertz CT molecular complexity index is 281. The van der Waals surface area contributed by atoms with Gasteiger partial charge in [0.2, 0.25) is 0 Å². The molecule has 2 nitrogen and oxygen atoms in total. The molecule has 3 heteroatoms. The summed E-state index contributed by atoms with van der Waals surface area (Å²) in [4.78, 5) is 4.12. The quantitative estimate of drug-likeness (QED) is 0.740. The van der Waals surface area contributed by atoms with Crippen molar-refractivity contribution in [3.63, 3.8) is 0 Å². The van der Waals surface area contributed by atoms with Gasteiger partial charge in [0, 0.05) is 11.2 Å². The van der Waals surface area contributed by atoms with Gasteiger partial charge in [0.05, 0.1) is 12.6 Å². The van der Waals surface area contributed by atoms with E-state index in [1.54, 1.807) is 6.21 Å². The fourth-order valence-corrected chi connectivity index (χ4v) is 0.935. The number of nitrogens with zero attached hydrogens (tertiary/aromatic N) is 1. The number of aliphatic hydroxyl groups is 1. The Labute approximate surface area is 82.9 Å². The fourth-order valence-electron chi connectivity index (χ4n) is 0.809. The van der Waals surface area contributed by atoms with Crippen molar-refractivity contribution < 1.29 is 5.11 Å². The zero-order valence-corrected chi connectivity index (χ0v) is 8.20. The number of rotatable bonds is 3. The van der Waals surface area contributed by atoms with Gasteiger partial charge in [-0.1, -0.05) is 23.7 Å². The van der Waals surface area contributed by atoms with E-state index in [0.29, 0.717) is 5.02 Å². The summed E-state index contributed by atoms with van der Waals surface area (Å²) < 4.78 is 0. The molecule has 1 aromatic carbocycles. The zero-order chi connectivity index (χ0) is 9.68. The Balaban J connectivity index is 2.64. The summed E-state index contributed by atoms with van der Waals surface area (Å²) in [7, 11) is 0. The van der Waals surface area contributed by atoms with Gasteiger partial charge in [-0.3, -0.25) is 4.99 Å². The lowest BCUT2D eigenvalue weighted by atomic mass is 10.2. The summed E-state index contributed by atoms with van der Waals surface area (Å²) >= 11 is 5.72. The van der Waals surface area contributed by atoms with Crippen LogP contribution < -0.4 is 0 Å². The standard InChI is InChI=1S/C10H12ClNO/c1-8(7-13)12-6-9-2-4-10(11)5-3-9/h2-6,8,13H,7H2,1H3/t8-/m0/s1. The van der Waals surface area contributed by atoms with E-state index in [1.165, 1.54) is 0 Å². The van der Waals surface area contributed by atoms with Gasteiger partial charge < -0.3 is 5.11 Å². The molecule has 1 N–H and O–H groups in total. The molecule has 0 heterocycles. The van der Waals surface area contributed by atoms with Gasteiger partial charge in [-0.05, 0) is 24.6 Å². The average molecular weight is 198 g/mol. The second-order valence-electron chi connectivity index (χ2n) is 2.86. The van der Waals surface area contributed by atoms with Crippen LogP contribution in [0.5, 0.6) is 0 Å². The number of benzene rings is 1. The molecule has 0 aliphatic heterocycles. The number of hydrogen-bond acceptors (Lipinski definition) is 2. The van der Waals surface area contributed by atoms with Crippen LogP contribution in [0, 0.1) is 0 Å². The van der Waals surface area contributed by atoms with Gasteiger partial charge in [-0.25, -0.2) is 0 Å². The summed E-state index contributed by atoms with van der Waals surface area (Å²) in [6.45, 7) is 1.93. The summed E-state index contributed by atoms with van der Waals surface area (Å²) in [6.07, 6.45) is 1.73. The first-order valence-electron chi connectivity index (χ1n) is 4.12. The monoisotopic (exact) mass is 197 g/mol. The number of hydrogen-bond donors (Lipinski definition) is 1. The van der Waals surface area contributed by atoms with Crippen molar-refractivity contribution in [1.29, 1.82) is 0 Å². The normalized spacial score (nSPS) is 13.5. The molecule has 0 saturated heterocycles. The average Bonchev–Trinajstić information content (AvgIpc) is 2.16. The molecule has 0 bridgehead atoms. The lowest BCUT2D eigenvalue weighted by Gasteiger charge is -1.99. The molecule has 0 saturated carbocycles. The second-order valence-corrected chi connectivity index (χ2v) is 3.30. The van der Waals surface area contributed by atoms with E-state index >= 15 is 0 Å². The number of aliphatic hydroxyl groups excluding tert-OH is 1. The highest BCUT2D eigenvalue weighted by molar-refractivity contribution is 6.30. The Hall–Kier alpha value is -0.860. The van der Waals surface area contributed by atoms with E-state index in [2.05, 4.69) is 4.99 Å². The maximum absolute atomic E-state index is 8.72. The van der Waals surface area contributed by atoms with Crippen molar-refractivity contribution in [2.24, 2.45) is 4.99 Å². The molecule has 0 aliphatic carbocycles. The minimum absolute atomic E-state index is 0.0457. The Morgan fingerprint density at radius 2 is 2.08 bits per heavy atom. The Kier molecular flexibility index (Phi) is 3.93. The van der Waals surface area contributed by atoms with Crippen LogP contribution >= 0.6 is 11.6 Å². The highest BCUT2D eigenvalue weighted by atomic mass is 35.5. The SMILES string of the molecule is C[C@@H](CO)N=Cc1ccc(Cl)cc1. The molecule has 1 aromatic rings. The van der Waals surface area contributed by atoms with E-state index in [9.17, 15) is 0 Å². The molecule has 0 aromatic heterocycles. The molecule has 0 fully saturated rings. The van der Waals surface area contributed by atoms with Gasteiger partial charge in [0.15, 0.2) is 0 Å². The summed E-state index contributed by atoms with van der Waals surface area (Å²) in [5.74, 6) is 0. The topological polar surface area (TPSA) is 32.6 Å². The first-order chi connectivity index (χ1) is 6.22. The lowest BCUT2D eigenvalue weighted by molar-refractivity contribution is 0.275. The maximum Gasteiger partial charge on any atom is 0.0702 e. The third-order valence-corrected chi connectivity index (χ3v) is 1.86. The predicted molar refractivity (Wildman–Crippen MR) is 55.6 cm³/mol. The first kappa shape index (κ1) is 10.2. The molecule has 0 spiro atoms. The Morgan fingerprint density at radius 3 is 2.62 bits per heavy atom. The zero-order valence-electron chi connectivity index (χ0n) is 7.44. The maximum atomic E-state index is 8.72. The van der Waals surface area contributed by atoms with Crippen LogP contribution in [0.1, 0.15) is 12.5 Å². The van der Waals surface area contributed by atoms with Crippen LogP contribution in [0.2, 0.25) is 5.02 Å². The molecule has 13 heavy (non-hydrogen) atoms. The number of aliphatic imine (C=N–C) groups is 1. The van der Waals surface area contributed by atoms with Crippen LogP contribution in [0.3, 0.4) is 0 Å². The molecular formula is C10H12ClNO. The highest BCUT2D eigenvalue weighted by Gasteiger charge is 1.93. The van der Waals surface area contributed by atoms with Crippen molar-refractivity contribution in [2.75, 3.05) is 6.61 Å². The molecule has 0 unspecified atom stereocenters. The van der Waals surface area contributed by atoms with Gasteiger partial charge in [0.25, 0.3) is 0 Å². The van der Waals surface area contributed by atoms with Gasteiger partial charge in [0.1, 0.15) is 0 Å². The third-order valence-electron chi connectivity index (χ3n) is 1.61. The molecule has 0 amide bonds. The summed E-state index contributed by atoms with van der Waals surface area (Å²) in [5, 5.41) is 9.44. The second kappa shape index (κ2) is 5.00.